The molecule has 1 aliphatic rings. The van der Waals surface area contributed by atoms with Crippen LogP contribution in [-0.2, 0) is 9.84 Å². The molecule has 24 heavy (non-hydrogen) atoms. The molecule has 2 heterocycles. The van der Waals surface area contributed by atoms with Gasteiger partial charge in [-0.2, -0.15) is 0 Å². The van der Waals surface area contributed by atoms with Crippen LogP contribution in [0.25, 0.3) is 0 Å². The van der Waals surface area contributed by atoms with Crippen molar-refractivity contribution < 1.29 is 13.2 Å². The van der Waals surface area contributed by atoms with Crippen molar-refractivity contribution in [3.05, 3.63) is 54.4 Å². The van der Waals surface area contributed by atoms with Gasteiger partial charge in [-0.3, -0.25) is 4.79 Å². The van der Waals surface area contributed by atoms with E-state index in [2.05, 4.69) is 10.3 Å². The van der Waals surface area contributed by atoms with E-state index in [0.29, 0.717) is 12.1 Å². The number of nitrogens with one attached hydrogen (secondary N) is 1. The van der Waals surface area contributed by atoms with Crippen molar-refractivity contribution in [3.8, 4) is 0 Å². The summed E-state index contributed by atoms with van der Waals surface area (Å²) in [4.78, 5) is 18.2. The van der Waals surface area contributed by atoms with Gasteiger partial charge in [0, 0.05) is 18.8 Å². The molecule has 1 N–H and O–H groups in total. The van der Waals surface area contributed by atoms with Gasteiger partial charge in [0.1, 0.15) is 5.69 Å². The molecular weight excluding hydrogens is 326 g/mol. The fourth-order valence-electron chi connectivity index (χ4n) is 2.69. The molecule has 1 aliphatic heterocycles. The molecule has 3 rings (SSSR count). The Bertz CT molecular complexity index is 820. The van der Waals surface area contributed by atoms with E-state index in [4.69, 9.17) is 0 Å². The van der Waals surface area contributed by atoms with Crippen LogP contribution in [0.15, 0.2) is 48.7 Å². The Balaban J connectivity index is 1.67. The third kappa shape index (κ3) is 3.73. The van der Waals surface area contributed by atoms with Gasteiger partial charge in [0.25, 0.3) is 5.91 Å². The lowest BCUT2D eigenvalue weighted by atomic mass is 10.2. The number of para-hydroxylation sites is 1. The van der Waals surface area contributed by atoms with Crippen LogP contribution in [0.3, 0.4) is 0 Å². The summed E-state index contributed by atoms with van der Waals surface area (Å²) in [5, 5.41) is 3.16. The van der Waals surface area contributed by atoms with Crippen LogP contribution >= 0.6 is 0 Å². The van der Waals surface area contributed by atoms with Crippen LogP contribution in [-0.4, -0.2) is 43.9 Å². The summed E-state index contributed by atoms with van der Waals surface area (Å²) in [6.45, 7) is 0. The average Bonchev–Trinajstić information content (AvgIpc) is 2.93. The smallest absolute Gasteiger partial charge is 0.276 e. The zero-order valence-corrected chi connectivity index (χ0v) is 14.2. The number of amides is 1. The predicted octanol–water partition coefficient (Wildman–Crippen LogP) is 1.96. The molecule has 1 amide bonds. The molecule has 0 radical (unpaired) electrons. The molecule has 1 unspecified atom stereocenters. The first-order valence-electron chi connectivity index (χ1n) is 7.71. The SMILES string of the molecule is CN(C(=O)c1ccc(NC2CCS(=O)(=O)C2)cn1)c1ccccc1. The number of hydrogen-bond acceptors (Lipinski definition) is 5. The Labute approximate surface area is 141 Å². The second kappa shape index (κ2) is 6.60. The summed E-state index contributed by atoms with van der Waals surface area (Å²) >= 11 is 0. The average molecular weight is 345 g/mol. The first-order valence-corrected chi connectivity index (χ1v) is 9.53. The van der Waals surface area contributed by atoms with Gasteiger partial charge >= 0.3 is 0 Å². The van der Waals surface area contributed by atoms with Gasteiger partial charge in [0.2, 0.25) is 0 Å². The zero-order chi connectivity index (χ0) is 17.2. The van der Waals surface area contributed by atoms with Crippen molar-refractivity contribution in [2.45, 2.75) is 12.5 Å². The van der Waals surface area contributed by atoms with Crippen molar-refractivity contribution in [2.75, 3.05) is 28.8 Å². The largest absolute Gasteiger partial charge is 0.380 e. The van der Waals surface area contributed by atoms with E-state index in [1.165, 1.54) is 0 Å². The van der Waals surface area contributed by atoms with Crippen LogP contribution in [0.5, 0.6) is 0 Å². The summed E-state index contributed by atoms with van der Waals surface area (Å²) < 4.78 is 23.0. The highest BCUT2D eigenvalue weighted by atomic mass is 32.2. The highest BCUT2D eigenvalue weighted by Gasteiger charge is 2.27. The fourth-order valence-corrected chi connectivity index (χ4v) is 4.36. The van der Waals surface area contributed by atoms with Crippen LogP contribution in [0.1, 0.15) is 16.9 Å². The maximum absolute atomic E-state index is 12.4. The van der Waals surface area contributed by atoms with Gasteiger partial charge in [-0.25, -0.2) is 13.4 Å². The Kier molecular flexibility index (Phi) is 4.53. The van der Waals surface area contributed by atoms with Gasteiger partial charge in [0.15, 0.2) is 9.84 Å². The maximum Gasteiger partial charge on any atom is 0.276 e. The number of hydrogen-bond donors (Lipinski definition) is 1. The van der Waals surface area contributed by atoms with Crippen molar-refractivity contribution >= 4 is 27.1 Å². The minimum absolute atomic E-state index is 0.0923. The zero-order valence-electron chi connectivity index (χ0n) is 13.3. The molecule has 0 aliphatic carbocycles. The van der Waals surface area contributed by atoms with E-state index in [0.717, 1.165) is 11.4 Å². The lowest BCUT2D eigenvalue weighted by molar-refractivity contribution is 0.0988. The molecule has 1 aromatic carbocycles. The number of aromatic nitrogens is 1. The van der Waals surface area contributed by atoms with Gasteiger partial charge in [-0.1, -0.05) is 18.2 Å². The second-order valence-electron chi connectivity index (χ2n) is 5.88. The predicted molar refractivity (Wildman–Crippen MR) is 94.1 cm³/mol. The van der Waals surface area contributed by atoms with E-state index in [1.54, 1.807) is 30.3 Å². The Morgan fingerprint density at radius 1 is 1.21 bits per heavy atom. The van der Waals surface area contributed by atoms with Gasteiger partial charge in [0.05, 0.1) is 23.4 Å². The first kappa shape index (κ1) is 16.4. The molecule has 1 atom stereocenters. The molecule has 1 saturated heterocycles. The van der Waals surface area contributed by atoms with Crippen LogP contribution in [0, 0.1) is 0 Å². The van der Waals surface area contributed by atoms with Crippen LogP contribution in [0.4, 0.5) is 11.4 Å². The molecule has 0 bridgehead atoms. The molecule has 1 fully saturated rings. The molecule has 6 nitrogen and oxygen atoms in total. The molecule has 7 heteroatoms. The third-order valence-corrected chi connectivity index (χ3v) is 5.80. The summed E-state index contributed by atoms with van der Waals surface area (Å²) in [7, 11) is -1.22. The van der Waals surface area contributed by atoms with Gasteiger partial charge in [-0.05, 0) is 30.7 Å². The number of rotatable bonds is 4. The van der Waals surface area contributed by atoms with Crippen LogP contribution in [0.2, 0.25) is 0 Å². The third-order valence-electron chi connectivity index (χ3n) is 4.03. The lowest BCUT2D eigenvalue weighted by Gasteiger charge is -2.17. The highest BCUT2D eigenvalue weighted by Crippen LogP contribution is 2.18. The van der Waals surface area contributed by atoms with Gasteiger partial charge in [-0.15, -0.1) is 0 Å². The fraction of sp³-hybridized carbons (Fsp3) is 0.294. The Hall–Kier alpha value is -2.41. The minimum Gasteiger partial charge on any atom is -0.380 e. The van der Waals surface area contributed by atoms with Crippen molar-refractivity contribution in [1.29, 1.82) is 0 Å². The molecule has 126 valence electrons. The molecule has 0 saturated carbocycles. The standard InChI is InChI=1S/C17H19N3O3S/c1-20(15-5-3-2-4-6-15)17(21)16-8-7-13(11-18-16)19-14-9-10-24(22,23)12-14/h2-8,11,14,19H,9-10,12H2,1H3. The Morgan fingerprint density at radius 3 is 2.54 bits per heavy atom. The van der Waals surface area contributed by atoms with Crippen molar-refractivity contribution in [1.82, 2.24) is 4.98 Å². The summed E-state index contributed by atoms with van der Waals surface area (Å²) in [6.07, 6.45) is 2.16. The normalized spacial score (nSPS) is 19.0. The quantitative estimate of drug-likeness (QED) is 0.916. The van der Waals surface area contributed by atoms with E-state index in [9.17, 15) is 13.2 Å². The Morgan fingerprint density at radius 2 is 1.96 bits per heavy atom. The maximum atomic E-state index is 12.4. The highest BCUT2D eigenvalue weighted by molar-refractivity contribution is 7.91. The lowest BCUT2D eigenvalue weighted by Crippen LogP contribution is -2.27. The minimum atomic E-state index is -2.92. The number of carbonyl (C=O) groups is 1. The summed E-state index contributed by atoms with van der Waals surface area (Å²) in [5.74, 6) is 0.164. The number of carbonyl (C=O) groups excluding carboxylic acids is 1. The number of benzene rings is 1. The summed E-state index contributed by atoms with van der Waals surface area (Å²) in [5.41, 5.74) is 1.85. The second-order valence-corrected chi connectivity index (χ2v) is 8.10. The van der Waals surface area contributed by atoms with Crippen molar-refractivity contribution in [3.63, 3.8) is 0 Å². The van der Waals surface area contributed by atoms with E-state index >= 15 is 0 Å². The number of nitrogens with zero attached hydrogens (tertiary/aromatic N) is 2. The molecular formula is C17H19N3O3S. The van der Waals surface area contributed by atoms with Gasteiger partial charge < -0.3 is 10.2 Å². The van der Waals surface area contributed by atoms with E-state index in [1.807, 2.05) is 30.3 Å². The van der Waals surface area contributed by atoms with Crippen molar-refractivity contribution in [2.24, 2.45) is 0 Å². The van der Waals surface area contributed by atoms with E-state index in [-0.39, 0.29) is 23.5 Å². The number of pyridine rings is 1. The number of sulfone groups is 1. The van der Waals surface area contributed by atoms with E-state index < -0.39 is 9.84 Å². The van der Waals surface area contributed by atoms with Crippen LogP contribution < -0.4 is 10.2 Å². The first-order chi connectivity index (χ1) is 11.4. The molecule has 0 spiro atoms. The topological polar surface area (TPSA) is 79.4 Å². The number of anilines is 2. The molecule has 2 aromatic rings. The molecule has 1 aromatic heterocycles. The monoisotopic (exact) mass is 345 g/mol. The summed E-state index contributed by atoms with van der Waals surface area (Å²) in [6, 6.07) is 12.7.